The lowest BCUT2D eigenvalue weighted by atomic mass is 10.0. The van der Waals surface area contributed by atoms with Crippen molar-refractivity contribution in [2.24, 2.45) is 0 Å². The molecule has 0 amide bonds. The van der Waals surface area contributed by atoms with Gasteiger partial charge in [-0.25, -0.2) is 0 Å². The van der Waals surface area contributed by atoms with Crippen LogP contribution in [0.3, 0.4) is 0 Å². The number of anilines is 3. The average Bonchev–Trinajstić information content (AvgIpc) is 3.57. The topological polar surface area (TPSA) is 8.17 Å². The Morgan fingerprint density at radius 3 is 1.69 bits per heavy atom. The predicted molar refractivity (Wildman–Crippen MR) is 221 cm³/mol. The fourth-order valence-electron chi connectivity index (χ4n) is 7.95. The molecule has 52 heavy (non-hydrogen) atoms. The molecular weight excluding hydrogens is 629 g/mol. The molecule has 2 nitrogen and oxygen atoms in total. The van der Waals surface area contributed by atoms with Crippen molar-refractivity contribution in [2.75, 3.05) is 4.90 Å². The lowest BCUT2D eigenvalue weighted by Crippen LogP contribution is -2.11. The Kier molecular flexibility index (Phi) is 7.18. The normalized spacial score (nSPS) is 11.5. The third-order valence-electron chi connectivity index (χ3n) is 10.4. The molecule has 0 bridgehead atoms. The number of hydrogen-bond donors (Lipinski definition) is 0. The summed E-state index contributed by atoms with van der Waals surface area (Å²) in [7, 11) is 0. The van der Waals surface area contributed by atoms with Crippen LogP contribution in [0.5, 0.6) is 0 Å². The Morgan fingerprint density at radius 2 is 0.923 bits per heavy atom. The molecule has 0 aliphatic heterocycles. The summed E-state index contributed by atoms with van der Waals surface area (Å²) in [5, 5.41) is 7.39. The molecule has 0 saturated carbocycles. The molecule has 9 aromatic carbocycles. The van der Waals surface area contributed by atoms with Gasteiger partial charge in [-0.1, -0.05) is 164 Å². The van der Waals surface area contributed by atoms with Gasteiger partial charge in [0.05, 0.1) is 22.4 Å². The lowest BCUT2D eigenvalue weighted by molar-refractivity contribution is 1.20. The third-order valence-corrected chi connectivity index (χ3v) is 10.4. The number of aromatic nitrogens is 1. The van der Waals surface area contributed by atoms with Crippen molar-refractivity contribution in [3.05, 3.63) is 206 Å². The Balaban J connectivity index is 1.22. The Hall–Kier alpha value is -6.90. The molecular formula is C50H34N2. The molecule has 0 fully saturated rings. The second-order valence-electron chi connectivity index (χ2n) is 13.3. The minimum atomic E-state index is 1.10. The van der Waals surface area contributed by atoms with E-state index in [2.05, 4.69) is 216 Å². The van der Waals surface area contributed by atoms with Gasteiger partial charge in [0.15, 0.2) is 0 Å². The van der Waals surface area contributed by atoms with E-state index < -0.39 is 0 Å². The van der Waals surface area contributed by atoms with Crippen LogP contribution in [0.4, 0.5) is 17.1 Å². The third kappa shape index (κ3) is 4.96. The van der Waals surface area contributed by atoms with Crippen LogP contribution in [0.15, 0.2) is 206 Å². The molecule has 0 aliphatic rings. The highest BCUT2D eigenvalue weighted by Crippen LogP contribution is 2.44. The number of fused-ring (bicyclic) bond motifs is 6. The maximum atomic E-state index is 2.48. The minimum absolute atomic E-state index is 1.10. The first-order valence-corrected chi connectivity index (χ1v) is 17.9. The van der Waals surface area contributed by atoms with Crippen LogP contribution >= 0.6 is 0 Å². The van der Waals surface area contributed by atoms with Crippen molar-refractivity contribution in [2.45, 2.75) is 0 Å². The molecule has 10 rings (SSSR count). The van der Waals surface area contributed by atoms with Gasteiger partial charge in [0, 0.05) is 38.3 Å². The summed E-state index contributed by atoms with van der Waals surface area (Å²) in [5.74, 6) is 0. The fraction of sp³-hybridized carbons (Fsp3) is 0. The summed E-state index contributed by atoms with van der Waals surface area (Å²) in [6.07, 6.45) is 0. The van der Waals surface area contributed by atoms with E-state index in [0.29, 0.717) is 0 Å². The van der Waals surface area contributed by atoms with Crippen LogP contribution in [-0.2, 0) is 0 Å². The van der Waals surface area contributed by atoms with Gasteiger partial charge >= 0.3 is 0 Å². The molecule has 244 valence electrons. The van der Waals surface area contributed by atoms with Crippen LogP contribution in [0, 0.1) is 0 Å². The first kappa shape index (κ1) is 30.0. The number of benzene rings is 9. The number of rotatable bonds is 6. The lowest BCUT2D eigenvalue weighted by Gasteiger charge is -2.28. The van der Waals surface area contributed by atoms with Gasteiger partial charge in [-0.15, -0.1) is 0 Å². The Labute approximate surface area is 303 Å². The fourth-order valence-corrected chi connectivity index (χ4v) is 7.95. The monoisotopic (exact) mass is 662 g/mol. The minimum Gasteiger partial charge on any atom is -0.310 e. The molecule has 0 radical (unpaired) electrons. The van der Waals surface area contributed by atoms with Gasteiger partial charge in [0.1, 0.15) is 0 Å². The average molecular weight is 663 g/mol. The second kappa shape index (κ2) is 12.5. The molecule has 2 heteroatoms. The summed E-state index contributed by atoms with van der Waals surface area (Å²) in [4.78, 5) is 2.41. The Bertz CT molecular complexity index is 2890. The summed E-state index contributed by atoms with van der Waals surface area (Å²) < 4.78 is 2.48. The van der Waals surface area contributed by atoms with Crippen molar-refractivity contribution >= 4 is 60.4 Å². The van der Waals surface area contributed by atoms with Gasteiger partial charge in [-0.2, -0.15) is 0 Å². The van der Waals surface area contributed by atoms with E-state index in [4.69, 9.17) is 0 Å². The van der Waals surface area contributed by atoms with Gasteiger partial charge in [0.2, 0.25) is 0 Å². The van der Waals surface area contributed by atoms with Gasteiger partial charge in [0.25, 0.3) is 0 Å². The SMILES string of the molecule is c1ccc(-c2ccc(N(c3cccc(-c4ccccc4)c3)c3ccc(-n4c5ccccc5c5ccc6ccccc6c54)c4ccccc34)cc2)cc1. The standard InChI is InChI=1S/C50H34N2/c1-3-14-35(15-4-1)37-26-29-40(30-27-37)51(41-20-13-19-39(34-41)36-16-5-2-6-17-36)48-32-33-49(44-23-10-9-22-43(44)48)52-47-25-12-11-24-45(47)46-31-28-38-18-7-8-21-42(38)50(46)52/h1-34H. The maximum Gasteiger partial charge on any atom is 0.0619 e. The second-order valence-corrected chi connectivity index (χ2v) is 13.3. The van der Waals surface area contributed by atoms with Crippen LogP contribution < -0.4 is 4.90 Å². The van der Waals surface area contributed by atoms with E-state index >= 15 is 0 Å². The highest BCUT2D eigenvalue weighted by molar-refractivity contribution is 6.19. The van der Waals surface area contributed by atoms with Crippen molar-refractivity contribution in [3.63, 3.8) is 0 Å². The zero-order chi connectivity index (χ0) is 34.4. The van der Waals surface area contributed by atoms with E-state index in [9.17, 15) is 0 Å². The van der Waals surface area contributed by atoms with Crippen LogP contribution in [-0.4, -0.2) is 4.57 Å². The maximum absolute atomic E-state index is 2.48. The van der Waals surface area contributed by atoms with Crippen LogP contribution in [0.2, 0.25) is 0 Å². The van der Waals surface area contributed by atoms with E-state index in [1.165, 1.54) is 71.3 Å². The zero-order valence-electron chi connectivity index (χ0n) is 28.5. The first-order chi connectivity index (χ1) is 25.8. The molecule has 0 N–H and O–H groups in total. The van der Waals surface area contributed by atoms with Gasteiger partial charge in [-0.05, 0) is 70.1 Å². The largest absolute Gasteiger partial charge is 0.310 e. The molecule has 1 aromatic heterocycles. The number of hydrogen-bond acceptors (Lipinski definition) is 1. The van der Waals surface area contributed by atoms with Crippen molar-refractivity contribution in [1.29, 1.82) is 0 Å². The Morgan fingerprint density at radius 1 is 0.327 bits per heavy atom. The summed E-state index contributed by atoms with van der Waals surface area (Å²) >= 11 is 0. The molecule has 0 atom stereocenters. The van der Waals surface area contributed by atoms with Gasteiger partial charge < -0.3 is 9.47 Å². The van der Waals surface area contributed by atoms with Crippen molar-refractivity contribution in [3.8, 4) is 27.9 Å². The molecule has 0 aliphatic carbocycles. The summed E-state index contributed by atoms with van der Waals surface area (Å²) in [6, 6.07) is 74.7. The molecule has 1 heterocycles. The number of para-hydroxylation sites is 1. The predicted octanol–water partition coefficient (Wildman–Crippen LogP) is 13.9. The van der Waals surface area contributed by atoms with E-state index in [1.807, 2.05) is 0 Å². The van der Waals surface area contributed by atoms with E-state index in [0.717, 1.165) is 17.1 Å². The summed E-state index contributed by atoms with van der Waals surface area (Å²) in [5.41, 5.74) is 11.7. The van der Waals surface area contributed by atoms with E-state index in [-0.39, 0.29) is 0 Å². The zero-order valence-corrected chi connectivity index (χ0v) is 28.5. The molecule has 0 saturated heterocycles. The number of nitrogens with zero attached hydrogens (tertiary/aromatic N) is 2. The van der Waals surface area contributed by atoms with E-state index in [1.54, 1.807) is 0 Å². The van der Waals surface area contributed by atoms with Crippen LogP contribution in [0.1, 0.15) is 0 Å². The highest BCUT2D eigenvalue weighted by atomic mass is 15.1. The first-order valence-electron chi connectivity index (χ1n) is 17.9. The van der Waals surface area contributed by atoms with Gasteiger partial charge in [-0.3, -0.25) is 0 Å². The van der Waals surface area contributed by atoms with Crippen molar-refractivity contribution < 1.29 is 0 Å². The van der Waals surface area contributed by atoms with Crippen molar-refractivity contribution in [1.82, 2.24) is 4.57 Å². The molecule has 10 aromatic rings. The highest BCUT2D eigenvalue weighted by Gasteiger charge is 2.21. The molecule has 0 spiro atoms. The quantitative estimate of drug-likeness (QED) is 0.172. The van der Waals surface area contributed by atoms with Crippen LogP contribution in [0.25, 0.3) is 71.3 Å². The smallest absolute Gasteiger partial charge is 0.0619 e. The summed E-state index contributed by atoms with van der Waals surface area (Å²) in [6.45, 7) is 0. The molecule has 0 unspecified atom stereocenters.